The van der Waals surface area contributed by atoms with Crippen molar-refractivity contribution >= 4 is 28.1 Å². The number of halogens is 1. The number of nitrogens with zero attached hydrogens (tertiary/aromatic N) is 2. The number of carbonyl (C=O) groups excluding carboxylic acids is 1. The minimum Gasteiger partial charge on any atom is -0.423 e. The number of benzene rings is 1. The van der Waals surface area contributed by atoms with Crippen LogP contribution in [0.5, 0.6) is 5.75 Å². The molecule has 6 heteroatoms. The van der Waals surface area contributed by atoms with Crippen molar-refractivity contribution in [3.05, 3.63) is 58.3 Å². The van der Waals surface area contributed by atoms with Gasteiger partial charge in [-0.15, -0.1) is 0 Å². The van der Waals surface area contributed by atoms with E-state index in [1.807, 2.05) is 19.9 Å². The molecule has 0 aliphatic carbocycles. The van der Waals surface area contributed by atoms with Gasteiger partial charge in [-0.05, 0) is 41.8 Å². The fourth-order valence-electron chi connectivity index (χ4n) is 1.70. The highest BCUT2D eigenvalue weighted by Gasteiger charge is 2.10. The van der Waals surface area contributed by atoms with Crippen molar-refractivity contribution in [3.8, 4) is 5.75 Å². The Kier molecular flexibility index (Phi) is 6.01. The van der Waals surface area contributed by atoms with Crippen molar-refractivity contribution in [2.24, 2.45) is 10.9 Å². The third-order valence-electron chi connectivity index (χ3n) is 2.97. The van der Waals surface area contributed by atoms with E-state index in [0.29, 0.717) is 16.9 Å². The highest BCUT2D eigenvalue weighted by Crippen LogP contribution is 2.22. The Morgan fingerprint density at radius 1 is 1.39 bits per heavy atom. The molecular weight excluding hydrogens is 360 g/mol. The molecule has 1 unspecified atom stereocenters. The van der Waals surface area contributed by atoms with Crippen LogP contribution in [0.15, 0.2) is 52.2 Å². The molecule has 1 heterocycles. The fourth-order valence-corrected chi connectivity index (χ4v) is 2.19. The number of hydrogen-bond acceptors (Lipinski definition) is 5. The molecule has 2 rings (SSSR count). The summed E-state index contributed by atoms with van der Waals surface area (Å²) in [4.78, 5) is 20.0. The third-order valence-corrected chi connectivity index (χ3v) is 3.43. The Labute approximate surface area is 143 Å². The van der Waals surface area contributed by atoms with Crippen molar-refractivity contribution in [1.29, 1.82) is 0 Å². The van der Waals surface area contributed by atoms with Crippen LogP contribution < -0.4 is 4.74 Å². The summed E-state index contributed by atoms with van der Waals surface area (Å²) >= 11 is 3.37. The first-order valence-electron chi connectivity index (χ1n) is 7.10. The lowest BCUT2D eigenvalue weighted by Gasteiger charge is -2.09. The Bertz CT molecular complexity index is 702. The Hall–Kier alpha value is -2.05. The van der Waals surface area contributed by atoms with Gasteiger partial charge in [0.25, 0.3) is 0 Å². The molecule has 0 spiro atoms. The monoisotopic (exact) mass is 376 g/mol. The maximum Gasteiger partial charge on any atom is 0.345 e. The van der Waals surface area contributed by atoms with Gasteiger partial charge >= 0.3 is 5.97 Å². The summed E-state index contributed by atoms with van der Waals surface area (Å²) in [5.41, 5.74) is 1.09. The van der Waals surface area contributed by atoms with Gasteiger partial charge in [0, 0.05) is 23.1 Å². The van der Waals surface area contributed by atoms with E-state index in [4.69, 9.17) is 4.74 Å². The van der Waals surface area contributed by atoms with E-state index in [2.05, 4.69) is 25.9 Å². The molecule has 0 aliphatic rings. The number of aliphatic hydroxyl groups is 1. The lowest BCUT2D eigenvalue weighted by molar-refractivity contribution is 0.0734. The molecule has 1 N–H and O–H groups in total. The Morgan fingerprint density at radius 2 is 2.17 bits per heavy atom. The quantitative estimate of drug-likeness (QED) is 0.492. The lowest BCUT2D eigenvalue weighted by atomic mass is 10.2. The first kappa shape index (κ1) is 17.3. The van der Waals surface area contributed by atoms with E-state index in [-0.39, 0.29) is 5.92 Å². The number of rotatable bonds is 5. The van der Waals surface area contributed by atoms with E-state index in [9.17, 15) is 9.90 Å². The van der Waals surface area contributed by atoms with Crippen LogP contribution in [0.1, 0.15) is 29.8 Å². The number of pyridine rings is 1. The van der Waals surface area contributed by atoms with Crippen LogP contribution in [0.2, 0.25) is 0 Å². The van der Waals surface area contributed by atoms with E-state index in [1.165, 1.54) is 6.20 Å². The second-order valence-electron chi connectivity index (χ2n) is 5.29. The van der Waals surface area contributed by atoms with Crippen LogP contribution in [0.4, 0.5) is 0 Å². The molecule has 5 nitrogen and oxygen atoms in total. The zero-order chi connectivity index (χ0) is 16.8. The maximum atomic E-state index is 12.0. The Balaban J connectivity index is 2.16. The number of ether oxygens (including phenoxy) is 1. The molecule has 0 bridgehead atoms. The number of esters is 1. The van der Waals surface area contributed by atoms with Gasteiger partial charge < -0.3 is 9.84 Å². The predicted octanol–water partition coefficient (Wildman–Crippen LogP) is 3.46. The summed E-state index contributed by atoms with van der Waals surface area (Å²) in [6.45, 7) is 3.76. The molecular formula is C17H17BrN2O3. The molecule has 0 radical (unpaired) electrons. The normalized spacial score (nSPS) is 12.6. The second kappa shape index (κ2) is 7.99. The van der Waals surface area contributed by atoms with Crippen LogP contribution in [-0.2, 0) is 0 Å². The highest BCUT2D eigenvalue weighted by atomic mass is 79.9. The van der Waals surface area contributed by atoms with Gasteiger partial charge in [0.1, 0.15) is 12.0 Å². The summed E-state index contributed by atoms with van der Waals surface area (Å²) in [6.07, 6.45) is 3.82. The average molecular weight is 377 g/mol. The van der Waals surface area contributed by atoms with Crippen LogP contribution in [0.3, 0.4) is 0 Å². The van der Waals surface area contributed by atoms with Crippen molar-refractivity contribution in [2.75, 3.05) is 0 Å². The molecule has 1 atom stereocenters. The summed E-state index contributed by atoms with van der Waals surface area (Å²) in [5, 5.41) is 9.72. The zero-order valence-corrected chi connectivity index (χ0v) is 14.4. The zero-order valence-electron chi connectivity index (χ0n) is 12.8. The van der Waals surface area contributed by atoms with Gasteiger partial charge in [-0.25, -0.2) is 4.79 Å². The molecule has 0 saturated carbocycles. The number of hydrogen-bond donors (Lipinski definition) is 1. The molecule has 0 saturated heterocycles. The second-order valence-corrected chi connectivity index (χ2v) is 6.20. The standard InChI is InChI=1S/C17H17BrN2O3/c1-11(2)16(21)20-9-12-6-14(18)8-15(7-12)23-17(22)13-4-3-5-19-10-13/h3-11,16,21H,1-2H3/b20-9+. The minimum absolute atomic E-state index is 0.0290. The average Bonchev–Trinajstić information content (AvgIpc) is 2.52. The molecule has 23 heavy (non-hydrogen) atoms. The topological polar surface area (TPSA) is 71.8 Å². The summed E-state index contributed by atoms with van der Waals surface area (Å²) in [6, 6.07) is 8.48. The largest absolute Gasteiger partial charge is 0.423 e. The molecule has 120 valence electrons. The first-order valence-corrected chi connectivity index (χ1v) is 7.89. The van der Waals surface area contributed by atoms with Crippen LogP contribution in [0, 0.1) is 5.92 Å². The van der Waals surface area contributed by atoms with Gasteiger partial charge in [-0.3, -0.25) is 9.98 Å². The van der Waals surface area contributed by atoms with Gasteiger partial charge in [0.15, 0.2) is 0 Å². The van der Waals surface area contributed by atoms with E-state index < -0.39 is 12.2 Å². The fraction of sp³-hybridized carbons (Fsp3) is 0.235. The van der Waals surface area contributed by atoms with E-state index >= 15 is 0 Å². The summed E-state index contributed by atoms with van der Waals surface area (Å²) < 4.78 is 6.09. The van der Waals surface area contributed by atoms with Gasteiger partial charge in [-0.1, -0.05) is 29.8 Å². The maximum absolute atomic E-state index is 12.0. The number of aliphatic imine (C=N–C) groups is 1. The molecule has 0 aliphatic heterocycles. The van der Waals surface area contributed by atoms with Gasteiger partial charge in [-0.2, -0.15) is 0 Å². The van der Waals surface area contributed by atoms with E-state index in [0.717, 1.165) is 4.47 Å². The van der Waals surface area contributed by atoms with Crippen molar-refractivity contribution in [2.45, 2.75) is 20.1 Å². The lowest BCUT2D eigenvalue weighted by Crippen LogP contribution is -2.11. The number of aliphatic hydroxyl groups excluding tert-OH is 1. The van der Waals surface area contributed by atoms with Crippen molar-refractivity contribution in [1.82, 2.24) is 4.98 Å². The molecule has 1 aromatic carbocycles. The highest BCUT2D eigenvalue weighted by molar-refractivity contribution is 9.10. The van der Waals surface area contributed by atoms with Crippen molar-refractivity contribution < 1.29 is 14.6 Å². The third kappa shape index (κ3) is 5.26. The Morgan fingerprint density at radius 3 is 2.83 bits per heavy atom. The minimum atomic E-state index is -0.768. The first-order chi connectivity index (χ1) is 11.0. The van der Waals surface area contributed by atoms with E-state index in [1.54, 1.807) is 36.7 Å². The smallest absolute Gasteiger partial charge is 0.345 e. The summed E-state index contributed by atoms with van der Waals surface area (Å²) in [5.74, 6) is -0.0729. The number of carbonyl (C=O) groups is 1. The SMILES string of the molecule is CC(C)C(O)/N=C/c1cc(Br)cc(OC(=O)c2cccnc2)c1. The van der Waals surface area contributed by atoms with Gasteiger partial charge in [0.05, 0.1) is 5.56 Å². The predicted molar refractivity (Wildman–Crippen MR) is 91.8 cm³/mol. The van der Waals surface area contributed by atoms with Crippen LogP contribution in [0.25, 0.3) is 0 Å². The van der Waals surface area contributed by atoms with Gasteiger partial charge in [0.2, 0.25) is 0 Å². The molecule has 0 amide bonds. The van der Waals surface area contributed by atoms with Crippen LogP contribution >= 0.6 is 15.9 Å². The molecule has 1 aromatic heterocycles. The number of aromatic nitrogens is 1. The molecule has 0 fully saturated rings. The van der Waals surface area contributed by atoms with Crippen molar-refractivity contribution in [3.63, 3.8) is 0 Å². The summed E-state index contributed by atoms with van der Waals surface area (Å²) in [7, 11) is 0. The molecule has 2 aromatic rings. The van der Waals surface area contributed by atoms with Crippen LogP contribution in [-0.4, -0.2) is 28.5 Å².